The van der Waals surface area contributed by atoms with Gasteiger partial charge in [0.15, 0.2) is 11.6 Å². The molecule has 28 heavy (non-hydrogen) atoms. The number of amides is 1. The van der Waals surface area contributed by atoms with Crippen LogP contribution in [0.4, 0.5) is 17.6 Å². The fourth-order valence-electron chi connectivity index (χ4n) is 3.06. The van der Waals surface area contributed by atoms with Crippen LogP contribution in [0.25, 0.3) is 0 Å². The first-order valence-electron chi connectivity index (χ1n) is 8.54. The number of halogens is 5. The Morgan fingerprint density at radius 1 is 1.11 bits per heavy atom. The Hall–Kier alpha value is -2.13. The van der Waals surface area contributed by atoms with Gasteiger partial charge in [-0.3, -0.25) is 9.69 Å². The lowest BCUT2D eigenvalue weighted by Crippen LogP contribution is -2.48. The van der Waals surface area contributed by atoms with Gasteiger partial charge in [0, 0.05) is 42.8 Å². The second-order valence-corrected chi connectivity index (χ2v) is 7.22. The first-order valence-corrected chi connectivity index (χ1v) is 9.33. The van der Waals surface area contributed by atoms with Crippen molar-refractivity contribution in [3.05, 3.63) is 63.6 Å². The van der Waals surface area contributed by atoms with Crippen molar-refractivity contribution in [2.45, 2.75) is 13.2 Å². The van der Waals surface area contributed by atoms with Crippen molar-refractivity contribution in [2.24, 2.45) is 0 Å². The molecule has 0 aromatic heterocycles. The minimum absolute atomic E-state index is 0.0410. The van der Waals surface area contributed by atoms with Crippen LogP contribution < -0.4 is 4.74 Å². The molecule has 1 aliphatic rings. The third-order valence-electron chi connectivity index (χ3n) is 4.47. The molecule has 0 atom stereocenters. The van der Waals surface area contributed by atoms with Crippen molar-refractivity contribution in [1.29, 1.82) is 0 Å². The van der Waals surface area contributed by atoms with Crippen molar-refractivity contribution in [2.75, 3.05) is 26.2 Å². The van der Waals surface area contributed by atoms with Crippen LogP contribution in [0, 0.1) is 11.6 Å². The molecule has 0 unspecified atom stereocenters. The van der Waals surface area contributed by atoms with Crippen molar-refractivity contribution < 1.29 is 27.1 Å². The van der Waals surface area contributed by atoms with Gasteiger partial charge in [-0.2, -0.15) is 8.78 Å². The lowest BCUT2D eigenvalue weighted by Gasteiger charge is -2.35. The maximum Gasteiger partial charge on any atom is 0.387 e. The highest BCUT2D eigenvalue weighted by Crippen LogP contribution is 2.27. The minimum Gasteiger partial charge on any atom is -0.434 e. The third kappa shape index (κ3) is 4.82. The predicted molar refractivity (Wildman–Crippen MR) is 98.3 cm³/mol. The number of rotatable bonds is 5. The summed E-state index contributed by atoms with van der Waals surface area (Å²) in [5.74, 6) is -2.38. The Morgan fingerprint density at radius 3 is 2.50 bits per heavy atom. The van der Waals surface area contributed by atoms with Crippen molar-refractivity contribution >= 4 is 21.8 Å². The lowest BCUT2D eigenvalue weighted by atomic mass is 10.1. The van der Waals surface area contributed by atoms with Gasteiger partial charge in [-0.25, -0.2) is 8.78 Å². The highest BCUT2D eigenvalue weighted by Gasteiger charge is 2.26. The van der Waals surface area contributed by atoms with E-state index in [4.69, 9.17) is 0 Å². The van der Waals surface area contributed by atoms with E-state index in [1.54, 1.807) is 0 Å². The van der Waals surface area contributed by atoms with E-state index in [1.807, 2.05) is 4.90 Å². The first kappa shape index (κ1) is 20.6. The molecule has 3 rings (SSSR count). The molecule has 0 bridgehead atoms. The minimum atomic E-state index is -3.04. The van der Waals surface area contributed by atoms with Crippen LogP contribution in [0.2, 0.25) is 0 Å². The molecule has 0 N–H and O–H groups in total. The summed E-state index contributed by atoms with van der Waals surface area (Å²) in [7, 11) is 0. The zero-order chi connectivity index (χ0) is 20.3. The van der Waals surface area contributed by atoms with Crippen molar-refractivity contribution in [3.8, 4) is 5.75 Å². The summed E-state index contributed by atoms with van der Waals surface area (Å²) in [6.45, 7) is -1.26. The number of carbonyl (C=O) groups excluding carboxylic acids is 1. The smallest absolute Gasteiger partial charge is 0.387 e. The van der Waals surface area contributed by atoms with Crippen LogP contribution in [0.1, 0.15) is 15.9 Å². The molecule has 0 saturated carbocycles. The number of carbonyl (C=O) groups is 1. The van der Waals surface area contributed by atoms with Gasteiger partial charge in [0.1, 0.15) is 5.75 Å². The van der Waals surface area contributed by atoms with E-state index in [0.29, 0.717) is 30.7 Å². The highest BCUT2D eigenvalue weighted by atomic mass is 79.9. The van der Waals surface area contributed by atoms with Gasteiger partial charge in [0.25, 0.3) is 5.91 Å². The Morgan fingerprint density at radius 2 is 1.82 bits per heavy atom. The maximum absolute atomic E-state index is 13.8. The van der Waals surface area contributed by atoms with Crippen LogP contribution in [-0.4, -0.2) is 48.5 Å². The molecule has 4 nitrogen and oxygen atoms in total. The summed E-state index contributed by atoms with van der Waals surface area (Å²) < 4.78 is 57.4. The molecule has 1 amide bonds. The summed E-state index contributed by atoms with van der Waals surface area (Å²) in [6, 6.07) is 8.30. The van der Waals surface area contributed by atoms with Gasteiger partial charge in [-0.1, -0.05) is 28.1 Å². The number of alkyl halides is 2. The molecule has 9 heteroatoms. The van der Waals surface area contributed by atoms with Crippen LogP contribution in [-0.2, 0) is 6.54 Å². The van der Waals surface area contributed by atoms with Crippen LogP contribution in [0.3, 0.4) is 0 Å². The first-order chi connectivity index (χ1) is 13.3. The summed E-state index contributed by atoms with van der Waals surface area (Å²) in [5, 5.41) is 0. The zero-order valence-electron chi connectivity index (χ0n) is 14.7. The number of ether oxygens (including phenoxy) is 1. The van der Waals surface area contributed by atoms with Crippen LogP contribution >= 0.6 is 15.9 Å². The van der Waals surface area contributed by atoms with E-state index in [1.165, 1.54) is 35.2 Å². The van der Waals surface area contributed by atoms with E-state index >= 15 is 0 Å². The lowest BCUT2D eigenvalue weighted by molar-refractivity contribution is -0.0503. The Balaban J connectivity index is 1.66. The Labute approximate surface area is 167 Å². The second kappa shape index (κ2) is 8.91. The average Bonchev–Trinajstić information content (AvgIpc) is 2.66. The van der Waals surface area contributed by atoms with Crippen LogP contribution in [0.15, 0.2) is 40.9 Å². The fourth-order valence-corrected chi connectivity index (χ4v) is 3.42. The van der Waals surface area contributed by atoms with E-state index in [0.717, 1.165) is 6.07 Å². The molecule has 150 valence electrons. The number of benzene rings is 2. The number of nitrogens with zero attached hydrogens (tertiary/aromatic N) is 2. The third-order valence-corrected chi connectivity index (χ3v) is 4.97. The predicted octanol–water partition coefficient (Wildman–Crippen LogP) is 4.29. The monoisotopic (exact) mass is 460 g/mol. The van der Waals surface area contributed by atoms with E-state index in [2.05, 4.69) is 20.7 Å². The van der Waals surface area contributed by atoms with Crippen molar-refractivity contribution in [3.63, 3.8) is 0 Å². The maximum atomic E-state index is 13.8. The summed E-state index contributed by atoms with van der Waals surface area (Å²) in [4.78, 5) is 16.2. The largest absolute Gasteiger partial charge is 0.434 e. The average molecular weight is 461 g/mol. The van der Waals surface area contributed by atoms with Gasteiger partial charge >= 0.3 is 6.61 Å². The van der Waals surface area contributed by atoms with E-state index < -0.39 is 24.2 Å². The zero-order valence-corrected chi connectivity index (χ0v) is 16.3. The summed E-state index contributed by atoms with van der Waals surface area (Å²) in [5.41, 5.74) is 0.290. The molecule has 1 fully saturated rings. The SMILES string of the molecule is O=C(c1cc(Br)ccc1OC(F)F)N1CCN(Cc2cccc(F)c2F)CC1. The van der Waals surface area contributed by atoms with Gasteiger partial charge in [-0.15, -0.1) is 0 Å². The normalized spacial score (nSPS) is 15.1. The second-order valence-electron chi connectivity index (χ2n) is 6.30. The van der Waals surface area contributed by atoms with Gasteiger partial charge in [-0.05, 0) is 24.3 Å². The Bertz CT molecular complexity index is 858. The molecule has 0 aliphatic carbocycles. The van der Waals surface area contributed by atoms with Gasteiger partial charge in [0.2, 0.25) is 0 Å². The molecule has 1 aliphatic heterocycles. The fraction of sp³-hybridized carbons (Fsp3) is 0.316. The summed E-state index contributed by atoms with van der Waals surface area (Å²) >= 11 is 3.23. The van der Waals surface area contributed by atoms with E-state index in [9.17, 15) is 22.4 Å². The Kier molecular flexibility index (Phi) is 6.56. The van der Waals surface area contributed by atoms with E-state index in [-0.39, 0.29) is 23.4 Å². The summed E-state index contributed by atoms with van der Waals surface area (Å²) in [6.07, 6.45) is 0. The number of hydrogen-bond acceptors (Lipinski definition) is 3. The number of hydrogen-bond donors (Lipinski definition) is 0. The van der Waals surface area contributed by atoms with Crippen LogP contribution in [0.5, 0.6) is 5.75 Å². The van der Waals surface area contributed by atoms with Gasteiger partial charge < -0.3 is 9.64 Å². The quantitative estimate of drug-likeness (QED) is 0.624. The van der Waals surface area contributed by atoms with Gasteiger partial charge in [0.05, 0.1) is 5.56 Å². The van der Waals surface area contributed by atoms with Crippen molar-refractivity contribution in [1.82, 2.24) is 9.80 Å². The standard InChI is InChI=1S/C19H17BrF4N2O2/c20-13-4-5-16(28-19(23)24)14(10-13)18(27)26-8-6-25(7-9-26)11-12-2-1-3-15(21)17(12)22/h1-5,10,19H,6-9,11H2. The molecule has 1 saturated heterocycles. The molecular weight excluding hydrogens is 444 g/mol. The molecule has 0 radical (unpaired) electrons. The topological polar surface area (TPSA) is 32.8 Å². The molecule has 0 spiro atoms. The molecule has 2 aromatic carbocycles. The molecule has 1 heterocycles. The molecule has 2 aromatic rings. The number of piperazine rings is 1. The highest BCUT2D eigenvalue weighted by molar-refractivity contribution is 9.10. The molecular formula is C19H17BrF4N2O2.